The van der Waals surface area contributed by atoms with E-state index >= 15 is 0 Å². The summed E-state index contributed by atoms with van der Waals surface area (Å²) in [7, 11) is 0. The molecule has 0 atom stereocenters. The van der Waals surface area contributed by atoms with Crippen molar-refractivity contribution in [3.8, 4) is 0 Å². The van der Waals surface area contributed by atoms with Crippen LogP contribution in [0.3, 0.4) is 0 Å². The van der Waals surface area contributed by atoms with Gasteiger partial charge in [0.25, 0.3) is 0 Å². The molecule has 0 spiro atoms. The van der Waals surface area contributed by atoms with Gasteiger partial charge in [-0.05, 0) is 25.0 Å². The van der Waals surface area contributed by atoms with E-state index in [2.05, 4.69) is 0 Å². The minimum Gasteiger partial charge on any atom is -0.397 e. The highest BCUT2D eigenvalue weighted by atomic mass is 16.5. The fourth-order valence-corrected chi connectivity index (χ4v) is 1.02. The van der Waals surface area contributed by atoms with Crippen LogP contribution in [0.15, 0.2) is 24.3 Å². The molecule has 0 bridgehead atoms. The van der Waals surface area contributed by atoms with E-state index in [1.807, 2.05) is 12.1 Å². The van der Waals surface area contributed by atoms with Gasteiger partial charge < -0.3 is 16.2 Å². The largest absolute Gasteiger partial charge is 0.397 e. The number of nitrogen functional groups attached to an aromatic ring is 2. The molecule has 1 heterocycles. The zero-order valence-electron chi connectivity index (χ0n) is 7.70. The lowest BCUT2D eigenvalue weighted by Gasteiger charge is -1.94. The average molecular weight is 180 g/mol. The molecule has 4 N–H and O–H groups in total. The number of para-hydroxylation sites is 2. The van der Waals surface area contributed by atoms with Crippen molar-refractivity contribution in [3.05, 3.63) is 24.3 Å². The maximum absolute atomic E-state index is 5.39. The first-order valence-electron chi connectivity index (χ1n) is 4.48. The van der Waals surface area contributed by atoms with Crippen LogP contribution in [0.5, 0.6) is 0 Å². The zero-order valence-corrected chi connectivity index (χ0v) is 7.70. The van der Waals surface area contributed by atoms with Gasteiger partial charge in [0, 0.05) is 13.2 Å². The highest BCUT2D eigenvalue weighted by Crippen LogP contribution is 2.10. The third-order valence-electron chi connectivity index (χ3n) is 1.82. The Morgan fingerprint density at radius 3 is 1.62 bits per heavy atom. The molecule has 3 heteroatoms. The lowest BCUT2D eigenvalue weighted by molar-refractivity contribution is 0.198. The van der Waals surface area contributed by atoms with E-state index in [0.29, 0.717) is 11.4 Å². The van der Waals surface area contributed by atoms with E-state index in [1.165, 1.54) is 12.8 Å². The van der Waals surface area contributed by atoms with Gasteiger partial charge in [0.15, 0.2) is 0 Å². The van der Waals surface area contributed by atoms with Gasteiger partial charge >= 0.3 is 0 Å². The molecule has 1 fully saturated rings. The van der Waals surface area contributed by atoms with Crippen LogP contribution in [-0.4, -0.2) is 13.2 Å². The molecule has 0 amide bonds. The second-order valence-electron chi connectivity index (χ2n) is 2.95. The summed E-state index contributed by atoms with van der Waals surface area (Å²) in [4.78, 5) is 0. The Kier molecular flexibility index (Phi) is 4.12. The van der Waals surface area contributed by atoms with Crippen molar-refractivity contribution in [3.63, 3.8) is 0 Å². The summed E-state index contributed by atoms with van der Waals surface area (Å²) >= 11 is 0. The van der Waals surface area contributed by atoms with Gasteiger partial charge in [0.2, 0.25) is 0 Å². The molecule has 0 saturated carbocycles. The van der Waals surface area contributed by atoms with Crippen LogP contribution in [0.25, 0.3) is 0 Å². The molecule has 3 nitrogen and oxygen atoms in total. The molecule has 13 heavy (non-hydrogen) atoms. The van der Waals surface area contributed by atoms with Gasteiger partial charge in [-0.2, -0.15) is 0 Å². The van der Waals surface area contributed by atoms with Crippen molar-refractivity contribution in [1.82, 2.24) is 0 Å². The number of nitrogens with two attached hydrogens (primary N) is 2. The van der Waals surface area contributed by atoms with Crippen LogP contribution in [0.4, 0.5) is 11.4 Å². The van der Waals surface area contributed by atoms with Crippen LogP contribution >= 0.6 is 0 Å². The van der Waals surface area contributed by atoms with Crippen molar-refractivity contribution in [1.29, 1.82) is 0 Å². The Bertz CT molecular complexity index is 218. The maximum Gasteiger partial charge on any atom is 0.0547 e. The summed E-state index contributed by atoms with van der Waals surface area (Å²) in [5, 5.41) is 0. The Hall–Kier alpha value is -1.22. The van der Waals surface area contributed by atoms with E-state index < -0.39 is 0 Å². The maximum atomic E-state index is 5.39. The molecule has 1 aromatic carbocycles. The number of rotatable bonds is 0. The first-order chi connectivity index (χ1) is 6.30. The normalized spacial score (nSPS) is 14.8. The van der Waals surface area contributed by atoms with Crippen molar-refractivity contribution < 1.29 is 4.74 Å². The van der Waals surface area contributed by atoms with Gasteiger partial charge in [-0.25, -0.2) is 0 Å². The quantitative estimate of drug-likeness (QED) is 0.597. The minimum absolute atomic E-state index is 0.646. The number of hydrogen-bond acceptors (Lipinski definition) is 3. The average Bonchev–Trinajstić information content (AvgIpc) is 2.68. The predicted octanol–water partition coefficient (Wildman–Crippen LogP) is 1.65. The molecule has 2 rings (SSSR count). The highest BCUT2D eigenvalue weighted by molar-refractivity contribution is 5.62. The van der Waals surface area contributed by atoms with E-state index in [1.54, 1.807) is 12.1 Å². The minimum atomic E-state index is 0.646. The first-order valence-corrected chi connectivity index (χ1v) is 4.48. The Morgan fingerprint density at radius 2 is 1.38 bits per heavy atom. The molecule has 72 valence electrons. The Morgan fingerprint density at radius 1 is 0.923 bits per heavy atom. The number of hydrogen-bond donors (Lipinski definition) is 2. The summed E-state index contributed by atoms with van der Waals surface area (Å²) in [5.41, 5.74) is 12.1. The van der Waals surface area contributed by atoms with Crippen LogP contribution in [0, 0.1) is 0 Å². The topological polar surface area (TPSA) is 61.3 Å². The molecular formula is C10H16N2O. The smallest absolute Gasteiger partial charge is 0.0547 e. The van der Waals surface area contributed by atoms with E-state index in [-0.39, 0.29) is 0 Å². The molecule has 0 aromatic heterocycles. The summed E-state index contributed by atoms with van der Waals surface area (Å²) in [6.45, 7) is 2.00. The Balaban J connectivity index is 0.000000145. The standard InChI is InChI=1S/C6H8N2.C4H8O/c7-5-3-1-2-4-6(5)8;1-2-4-5-3-1/h1-4H,7-8H2;1-4H2. The Labute approximate surface area is 78.7 Å². The van der Waals surface area contributed by atoms with Crippen LogP contribution in [0.1, 0.15) is 12.8 Å². The number of ether oxygens (including phenoxy) is 1. The van der Waals surface area contributed by atoms with Crippen LogP contribution in [-0.2, 0) is 4.74 Å². The second kappa shape index (κ2) is 5.43. The fraction of sp³-hybridized carbons (Fsp3) is 0.400. The molecule has 1 aliphatic rings. The molecule has 0 radical (unpaired) electrons. The highest BCUT2D eigenvalue weighted by Gasteiger charge is 1.94. The molecule has 0 aliphatic carbocycles. The lowest BCUT2D eigenvalue weighted by atomic mass is 10.3. The van der Waals surface area contributed by atoms with Gasteiger partial charge in [-0.1, -0.05) is 12.1 Å². The van der Waals surface area contributed by atoms with E-state index in [0.717, 1.165) is 13.2 Å². The SMILES string of the molecule is C1CCOC1.Nc1ccccc1N. The van der Waals surface area contributed by atoms with Gasteiger partial charge in [0.1, 0.15) is 0 Å². The van der Waals surface area contributed by atoms with E-state index in [9.17, 15) is 0 Å². The summed E-state index contributed by atoms with van der Waals surface area (Å²) in [6.07, 6.45) is 2.56. The summed E-state index contributed by atoms with van der Waals surface area (Å²) in [5.74, 6) is 0. The monoisotopic (exact) mass is 180 g/mol. The zero-order chi connectivity index (χ0) is 9.52. The van der Waals surface area contributed by atoms with Crippen molar-refractivity contribution in [2.75, 3.05) is 24.7 Å². The second-order valence-corrected chi connectivity index (χ2v) is 2.95. The van der Waals surface area contributed by atoms with Gasteiger partial charge in [-0.15, -0.1) is 0 Å². The van der Waals surface area contributed by atoms with Crippen molar-refractivity contribution in [2.45, 2.75) is 12.8 Å². The van der Waals surface area contributed by atoms with Crippen molar-refractivity contribution in [2.24, 2.45) is 0 Å². The summed E-state index contributed by atoms with van der Waals surface area (Å²) < 4.78 is 4.94. The van der Waals surface area contributed by atoms with Crippen molar-refractivity contribution >= 4 is 11.4 Å². The molecule has 1 saturated heterocycles. The molecule has 0 unspecified atom stereocenters. The third-order valence-corrected chi connectivity index (χ3v) is 1.82. The predicted molar refractivity (Wildman–Crippen MR) is 55.3 cm³/mol. The van der Waals surface area contributed by atoms with Gasteiger partial charge in [-0.3, -0.25) is 0 Å². The lowest BCUT2D eigenvalue weighted by Crippen LogP contribution is -1.91. The van der Waals surface area contributed by atoms with E-state index in [4.69, 9.17) is 16.2 Å². The third kappa shape index (κ3) is 3.80. The van der Waals surface area contributed by atoms with Gasteiger partial charge in [0.05, 0.1) is 11.4 Å². The number of benzene rings is 1. The molecule has 1 aromatic rings. The fourth-order valence-electron chi connectivity index (χ4n) is 1.02. The number of anilines is 2. The molecular weight excluding hydrogens is 164 g/mol. The van der Waals surface area contributed by atoms with Crippen LogP contribution in [0.2, 0.25) is 0 Å². The summed E-state index contributed by atoms with van der Waals surface area (Å²) in [6, 6.07) is 7.25. The first kappa shape index (κ1) is 9.86. The van der Waals surface area contributed by atoms with Crippen LogP contribution < -0.4 is 11.5 Å². The molecule has 1 aliphatic heterocycles.